The molecule has 1 heterocycles. The number of nitrogens with zero attached hydrogens (tertiary/aromatic N) is 1. The van der Waals surface area contributed by atoms with Crippen molar-refractivity contribution in [3.05, 3.63) is 30.1 Å². The van der Waals surface area contributed by atoms with E-state index in [1.807, 2.05) is 25.3 Å². The van der Waals surface area contributed by atoms with Crippen molar-refractivity contribution >= 4 is 6.08 Å². The molecule has 0 spiro atoms. The number of aromatic nitrogens is 1. The molecule has 0 aromatic carbocycles. The minimum atomic E-state index is 0.813. The lowest BCUT2D eigenvalue weighted by Crippen LogP contribution is -2.05. The highest BCUT2D eigenvalue weighted by Crippen LogP contribution is 2.15. The average Bonchev–Trinajstić information content (AvgIpc) is 2.25. The zero-order valence-corrected chi connectivity index (χ0v) is 8.66. The van der Waals surface area contributed by atoms with Crippen molar-refractivity contribution in [1.29, 1.82) is 0 Å². The van der Waals surface area contributed by atoms with Crippen LogP contribution in [0.1, 0.15) is 12.1 Å². The fourth-order valence-corrected chi connectivity index (χ4v) is 1.12. The van der Waals surface area contributed by atoms with Gasteiger partial charge in [0.25, 0.3) is 0 Å². The number of nitrogens with one attached hydrogen (secondary N) is 1. The molecule has 0 aliphatic heterocycles. The Morgan fingerprint density at radius 1 is 1.57 bits per heavy atom. The van der Waals surface area contributed by atoms with Crippen LogP contribution in [0.3, 0.4) is 0 Å². The first-order chi connectivity index (χ1) is 6.88. The second-order valence-electron chi connectivity index (χ2n) is 2.89. The first-order valence-electron chi connectivity index (χ1n) is 4.68. The van der Waals surface area contributed by atoms with Gasteiger partial charge in [-0.2, -0.15) is 0 Å². The number of ether oxygens (including phenoxy) is 1. The summed E-state index contributed by atoms with van der Waals surface area (Å²) in [5.41, 5.74) is 0.881. The molecule has 0 radical (unpaired) electrons. The lowest BCUT2D eigenvalue weighted by molar-refractivity contribution is 0.412. The van der Waals surface area contributed by atoms with Crippen LogP contribution in [0.25, 0.3) is 6.08 Å². The monoisotopic (exact) mass is 192 g/mol. The predicted molar refractivity (Wildman–Crippen MR) is 58.4 cm³/mol. The van der Waals surface area contributed by atoms with Crippen LogP contribution in [0.15, 0.2) is 24.4 Å². The molecular weight excluding hydrogens is 176 g/mol. The van der Waals surface area contributed by atoms with E-state index in [1.165, 1.54) is 0 Å². The summed E-state index contributed by atoms with van der Waals surface area (Å²) in [7, 11) is 3.59. The van der Waals surface area contributed by atoms with Gasteiger partial charge >= 0.3 is 0 Å². The first-order valence-corrected chi connectivity index (χ1v) is 4.68. The summed E-state index contributed by atoms with van der Waals surface area (Å²) >= 11 is 0. The summed E-state index contributed by atoms with van der Waals surface area (Å²) in [5, 5.41) is 3.08. The third kappa shape index (κ3) is 3.18. The van der Waals surface area contributed by atoms with Gasteiger partial charge in [0.05, 0.1) is 7.11 Å². The van der Waals surface area contributed by atoms with Gasteiger partial charge in [0.15, 0.2) is 0 Å². The maximum atomic E-state index is 5.17. The quantitative estimate of drug-likeness (QED) is 0.721. The lowest BCUT2D eigenvalue weighted by atomic mass is 10.2. The summed E-state index contributed by atoms with van der Waals surface area (Å²) in [6, 6.07) is 3.77. The van der Waals surface area contributed by atoms with Crippen LogP contribution < -0.4 is 10.1 Å². The topological polar surface area (TPSA) is 34.2 Å². The van der Waals surface area contributed by atoms with Gasteiger partial charge in [-0.25, -0.2) is 0 Å². The normalized spacial score (nSPS) is 10.7. The largest absolute Gasteiger partial charge is 0.494 e. The SMILES string of the molecule is CNCC/C=C/c1ncccc1OC. The Labute approximate surface area is 84.8 Å². The second kappa shape index (κ2) is 6.16. The van der Waals surface area contributed by atoms with Gasteiger partial charge in [-0.15, -0.1) is 0 Å². The maximum Gasteiger partial charge on any atom is 0.144 e. The van der Waals surface area contributed by atoms with Crippen LogP contribution in [0.2, 0.25) is 0 Å². The predicted octanol–water partition coefficient (Wildman–Crippen LogP) is 1.71. The van der Waals surface area contributed by atoms with Crippen molar-refractivity contribution in [2.45, 2.75) is 6.42 Å². The Kier molecular flexibility index (Phi) is 4.72. The van der Waals surface area contributed by atoms with Gasteiger partial charge in [0, 0.05) is 6.20 Å². The number of hydrogen-bond acceptors (Lipinski definition) is 3. The molecule has 0 amide bonds. The lowest BCUT2D eigenvalue weighted by Gasteiger charge is -2.01. The van der Waals surface area contributed by atoms with Crippen LogP contribution in [0.5, 0.6) is 5.75 Å². The van der Waals surface area contributed by atoms with Crippen LogP contribution in [-0.2, 0) is 0 Å². The summed E-state index contributed by atoms with van der Waals surface area (Å²) in [4.78, 5) is 4.21. The van der Waals surface area contributed by atoms with E-state index in [2.05, 4.69) is 16.4 Å². The van der Waals surface area contributed by atoms with Crippen molar-refractivity contribution in [2.75, 3.05) is 20.7 Å². The highest BCUT2D eigenvalue weighted by Gasteiger charge is 1.96. The Morgan fingerprint density at radius 3 is 3.14 bits per heavy atom. The van der Waals surface area contributed by atoms with E-state index < -0.39 is 0 Å². The molecule has 0 atom stereocenters. The minimum absolute atomic E-state index is 0.813. The molecule has 1 N–H and O–H groups in total. The fraction of sp³-hybridized carbons (Fsp3) is 0.364. The van der Waals surface area contributed by atoms with Crippen molar-refractivity contribution in [2.24, 2.45) is 0 Å². The Bertz CT molecular complexity index is 297. The van der Waals surface area contributed by atoms with Gasteiger partial charge in [0.2, 0.25) is 0 Å². The molecule has 1 aromatic rings. The molecule has 1 aromatic heterocycles. The Balaban J connectivity index is 2.61. The molecule has 3 nitrogen and oxygen atoms in total. The molecule has 0 aliphatic rings. The summed E-state index contributed by atoms with van der Waals surface area (Å²) in [5.74, 6) is 0.813. The highest BCUT2D eigenvalue weighted by atomic mass is 16.5. The third-order valence-corrected chi connectivity index (χ3v) is 1.86. The molecule has 0 aliphatic carbocycles. The highest BCUT2D eigenvalue weighted by molar-refractivity contribution is 5.52. The van der Waals surface area contributed by atoms with E-state index in [0.29, 0.717) is 0 Å². The standard InChI is InChI=1S/C11H16N2O/c1-12-8-4-3-6-10-11(14-2)7-5-9-13-10/h3,5-7,9,12H,4,8H2,1-2H3/b6-3+. The summed E-state index contributed by atoms with van der Waals surface area (Å²) in [6.45, 7) is 0.978. The molecule has 3 heteroatoms. The van der Waals surface area contributed by atoms with Crippen LogP contribution in [0.4, 0.5) is 0 Å². The molecule has 14 heavy (non-hydrogen) atoms. The van der Waals surface area contributed by atoms with E-state index in [9.17, 15) is 0 Å². The van der Waals surface area contributed by atoms with Crippen LogP contribution in [0, 0.1) is 0 Å². The molecule has 76 valence electrons. The van der Waals surface area contributed by atoms with E-state index in [1.54, 1.807) is 13.3 Å². The van der Waals surface area contributed by atoms with Crippen LogP contribution in [-0.4, -0.2) is 25.7 Å². The van der Waals surface area contributed by atoms with Crippen molar-refractivity contribution in [3.63, 3.8) is 0 Å². The van der Waals surface area contributed by atoms with Crippen molar-refractivity contribution in [1.82, 2.24) is 10.3 Å². The summed E-state index contributed by atoms with van der Waals surface area (Å²) < 4.78 is 5.17. The van der Waals surface area contributed by atoms with E-state index in [0.717, 1.165) is 24.4 Å². The Hall–Kier alpha value is -1.35. The molecule has 0 fully saturated rings. The van der Waals surface area contributed by atoms with Gasteiger partial charge in [-0.1, -0.05) is 6.08 Å². The summed E-state index contributed by atoms with van der Waals surface area (Å²) in [6.07, 6.45) is 6.83. The zero-order chi connectivity index (χ0) is 10.2. The number of hydrogen-bond donors (Lipinski definition) is 1. The molecule has 0 unspecified atom stereocenters. The molecule has 1 rings (SSSR count). The molecule has 0 saturated heterocycles. The van der Waals surface area contributed by atoms with Crippen LogP contribution >= 0.6 is 0 Å². The average molecular weight is 192 g/mol. The molecule has 0 bridgehead atoms. The Morgan fingerprint density at radius 2 is 2.43 bits per heavy atom. The minimum Gasteiger partial charge on any atom is -0.494 e. The number of methoxy groups -OCH3 is 1. The fourth-order valence-electron chi connectivity index (χ4n) is 1.12. The first kappa shape index (κ1) is 10.7. The second-order valence-corrected chi connectivity index (χ2v) is 2.89. The van der Waals surface area contributed by atoms with Gasteiger partial charge in [-0.3, -0.25) is 4.98 Å². The number of pyridine rings is 1. The van der Waals surface area contributed by atoms with Crippen molar-refractivity contribution in [3.8, 4) is 5.75 Å². The van der Waals surface area contributed by atoms with Gasteiger partial charge in [0.1, 0.15) is 11.4 Å². The van der Waals surface area contributed by atoms with Gasteiger partial charge < -0.3 is 10.1 Å². The van der Waals surface area contributed by atoms with Crippen molar-refractivity contribution < 1.29 is 4.74 Å². The zero-order valence-electron chi connectivity index (χ0n) is 8.66. The smallest absolute Gasteiger partial charge is 0.144 e. The van der Waals surface area contributed by atoms with E-state index >= 15 is 0 Å². The third-order valence-electron chi connectivity index (χ3n) is 1.86. The molecular formula is C11H16N2O. The van der Waals surface area contributed by atoms with Gasteiger partial charge in [-0.05, 0) is 38.2 Å². The van der Waals surface area contributed by atoms with E-state index in [-0.39, 0.29) is 0 Å². The number of rotatable bonds is 5. The van der Waals surface area contributed by atoms with E-state index in [4.69, 9.17) is 4.74 Å². The molecule has 0 saturated carbocycles. The maximum absolute atomic E-state index is 5.17.